The molecule has 0 heterocycles. The summed E-state index contributed by atoms with van der Waals surface area (Å²) in [5, 5.41) is 0. The second-order valence-corrected chi connectivity index (χ2v) is 1.22. The Balaban J connectivity index is -0.00000000671. The maximum absolute atomic E-state index is 8.52. The summed E-state index contributed by atoms with van der Waals surface area (Å²) in [5.74, 6) is 0. The van der Waals surface area contributed by atoms with E-state index in [1.54, 1.807) is 0 Å². The molecular weight excluding hydrogens is 243 g/mol. The SMILES string of the molecule is O.O.O.O.O.O=S(=O)([O-])[O-].[O]=[V+2]. The van der Waals surface area contributed by atoms with Gasteiger partial charge in [-0.05, 0) is 0 Å². The van der Waals surface area contributed by atoms with Crippen LogP contribution in [-0.4, -0.2) is 44.9 Å². The molecular formula is H10O10SV. The molecule has 0 aromatic rings. The monoisotopic (exact) mass is 253 g/mol. The number of hydrogen-bond acceptors (Lipinski definition) is 5. The number of rotatable bonds is 0. The molecule has 10 nitrogen and oxygen atoms in total. The first-order valence-electron chi connectivity index (χ1n) is 0.849. The molecule has 0 bridgehead atoms. The summed E-state index contributed by atoms with van der Waals surface area (Å²) in [4.78, 5) is 0. The van der Waals surface area contributed by atoms with E-state index < -0.39 is 10.4 Å². The van der Waals surface area contributed by atoms with Gasteiger partial charge in [0.1, 0.15) is 0 Å². The molecule has 0 aromatic carbocycles. The van der Waals surface area contributed by atoms with Crippen molar-refractivity contribution in [2.75, 3.05) is 0 Å². The van der Waals surface area contributed by atoms with Crippen LogP contribution in [0.15, 0.2) is 0 Å². The fourth-order valence-electron chi connectivity index (χ4n) is 0. The summed E-state index contributed by atoms with van der Waals surface area (Å²) in [5.41, 5.74) is 0. The zero-order valence-electron chi connectivity index (χ0n) is 5.40. The minimum atomic E-state index is -5.17. The van der Waals surface area contributed by atoms with Crippen LogP contribution in [0.4, 0.5) is 0 Å². The first-order valence-corrected chi connectivity index (χ1v) is 2.75. The maximum atomic E-state index is 8.52. The summed E-state index contributed by atoms with van der Waals surface area (Å²) in [6.07, 6.45) is 0. The Hall–Kier alpha value is 0.0544. The Morgan fingerprint density at radius 1 is 0.750 bits per heavy atom. The molecule has 0 spiro atoms. The van der Waals surface area contributed by atoms with Crippen molar-refractivity contribution in [3.63, 3.8) is 0 Å². The van der Waals surface area contributed by atoms with Crippen molar-refractivity contribution in [1.29, 1.82) is 0 Å². The average Bonchev–Trinajstić information content (AvgIpc) is 1.36. The molecule has 0 saturated carbocycles. The predicted octanol–water partition coefficient (Wildman–Crippen LogP) is -5.58. The van der Waals surface area contributed by atoms with Crippen molar-refractivity contribution >= 4 is 10.4 Å². The summed E-state index contributed by atoms with van der Waals surface area (Å²) < 4.78 is 42.3. The van der Waals surface area contributed by atoms with Crippen molar-refractivity contribution < 1.29 is 65.9 Å². The molecule has 0 aromatic heterocycles. The predicted molar refractivity (Wildman–Crippen MR) is 29.2 cm³/mol. The van der Waals surface area contributed by atoms with Gasteiger partial charge >= 0.3 is 21.0 Å². The second kappa shape index (κ2) is 30.5. The third-order valence-electron chi connectivity index (χ3n) is 0. The zero-order valence-corrected chi connectivity index (χ0v) is 7.61. The molecule has 0 amide bonds. The minimum absolute atomic E-state index is 0. The molecule has 0 rings (SSSR count). The Labute approximate surface area is 76.9 Å². The van der Waals surface area contributed by atoms with Gasteiger partial charge in [-0.15, -0.1) is 0 Å². The van der Waals surface area contributed by atoms with Crippen LogP contribution < -0.4 is 0 Å². The molecule has 0 aliphatic rings. The van der Waals surface area contributed by atoms with Crippen LogP contribution in [0.3, 0.4) is 0 Å². The van der Waals surface area contributed by atoms with Crippen LogP contribution in [0, 0.1) is 0 Å². The van der Waals surface area contributed by atoms with Gasteiger partial charge in [-0.3, -0.25) is 8.42 Å². The molecule has 0 aliphatic carbocycles. The van der Waals surface area contributed by atoms with Gasteiger partial charge in [-0.1, -0.05) is 0 Å². The second-order valence-electron chi connectivity index (χ2n) is 0.408. The third-order valence-corrected chi connectivity index (χ3v) is 0. The van der Waals surface area contributed by atoms with E-state index in [1.165, 1.54) is 0 Å². The molecule has 12 heteroatoms. The van der Waals surface area contributed by atoms with Gasteiger partial charge in [-0.2, -0.15) is 0 Å². The van der Waals surface area contributed by atoms with Crippen LogP contribution in [0.25, 0.3) is 0 Å². The van der Waals surface area contributed by atoms with Gasteiger partial charge in [0.15, 0.2) is 0 Å². The molecule has 0 unspecified atom stereocenters. The molecule has 0 aliphatic heterocycles. The Bertz CT molecular complexity index is 104. The van der Waals surface area contributed by atoms with E-state index in [9.17, 15) is 0 Å². The number of hydrogen-bond donors (Lipinski definition) is 0. The van der Waals surface area contributed by atoms with Gasteiger partial charge in [0.05, 0.1) is 0 Å². The van der Waals surface area contributed by atoms with Gasteiger partial charge in [0.2, 0.25) is 0 Å². The van der Waals surface area contributed by atoms with E-state index in [2.05, 4.69) is 0 Å². The van der Waals surface area contributed by atoms with Crippen molar-refractivity contribution in [2.24, 2.45) is 0 Å². The van der Waals surface area contributed by atoms with Crippen molar-refractivity contribution in [2.45, 2.75) is 0 Å². The normalized spacial score (nSPS) is 5.33. The van der Waals surface area contributed by atoms with Gasteiger partial charge in [-0.25, -0.2) is 0 Å². The fraction of sp³-hybridized carbons (Fsp3) is 0. The molecule has 10 N–H and O–H groups in total. The average molecular weight is 253 g/mol. The van der Waals surface area contributed by atoms with E-state index in [0.29, 0.717) is 0 Å². The Morgan fingerprint density at radius 2 is 0.750 bits per heavy atom. The van der Waals surface area contributed by atoms with E-state index in [-0.39, 0.29) is 27.4 Å². The van der Waals surface area contributed by atoms with Crippen LogP contribution in [0.1, 0.15) is 0 Å². The summed E-state index contributed by atoms with van der Waals surface area (Å²) in [6, 6.07) is 0. The molecule has 0 fully saturated rings. The van der Waals surface area contributed by atoms with Gasteiger partial charge < -0.3 is 36.5 Å². The molecule has 81 valence electrons. The van der Waals surface area contributed by atoms with Crippen molar-refractivity contribution in [1.82, 2.24) is 0 Å². The topological polar surface area (TPSA) is 255 Å². The van der Waals surface area contributed by atoms with E-state index in [4.69, 9.17) is 21.2 Å². The summed E-state index contributed by atoms with van der Waals surface area (Å²) in [7, 11) is -5.17. The quantitative estimate of drug-likeness (QED) is 0.301. The fourth-order valence-corrected chi connectivity index (χ4v) is 0. The Morgan fingerprint density at radius 3 is 0.750 bits per heavy atom. The van der Waals surface area contributed by atoms with Crippen molar-refractivity contribution in [3.8, 4) is 0 Å². The van der Waals surface area contributed by atoms with Gasteiger partial charge in [0, 0.05) is 10.4 Å². The van der Waals surface area contributed by atoms with Crippen molar-refractivity contribution in [3.05, 3.63) is 0 Å². The van der Waals surface area contributed by atoms with E-state index in [0.717, 1.165) is 17.4 Å². The standard InChI is InChI=1S/H2O4S.5H2O.O.V/c1-5(2,3)4;;;;;;;/h(H2,1,2,3,4);5*1H2;;/q;;;;;;;+2/p-2. The van der Waals surface area contributed by atoms with Crippen LogP contribution >= 0.6 is 0 Å². The first kappa shape index (κ1) is 57.7. The zero-order chi connectivity index (χ0) is 6.50. The van der Waals surface area contributed by atoms with Crippen LogP contribution in [-0.2, 0) is 31.4 Å². The first-order chi connectivity index (χ1) is 3.00. The molecule has 0 atom stereocenters. The summed E-state index contributed by atoms with van der Waals surface area (Å²) >= 11 is 1.06. The molecule has 0 saturated heterocycles. The third kappa shape index (κ3) is 278000. The molecule has 12 heavy (non-hydrogen) atoms. The van der Waals surface area contributed by atoms with Gasteiger partial charge in [0.25, 0.3) is 0 Å². The molecule has 0 radical (unpaired) electrons. The van der Waals surface area contributed by atoms with E-state index >= 15 is 0 Å². The van der Waals surface area contributed by atoms with Crippen LogP contribution in [0.5, 0.6) is 0 Å². The van der Waals surface area contributed by atoms with E-state index in [1.807, 2.05) is 0 Å². The Kier molecular flexibility index (Phi) is 146. The van der Waals surface area contributed by atoms with Crippen LogP contribution in [0.2, 0.25) is 0 Å². The summed E-state index contributed by atoms with van der Waals surface area (Å²) in [6.45, 7) is 0.